The molecule has 1 heterocycles. The highest BCUT2D eigenvalue weighted by atomic mass is 79.9. The summed E-state index contributed by atoms with van der Waals surface area (Å²) < 4.78 is 7.08. The van der Waals surface area contributed by atoms with Crippen molar-refractivity contribution >= 4 is 27.5 Å². The van der Waals surface area contributed by atoms with Crippen molar-refractivity contribution in [2.75, 3.05) is 26.7 Å². The summed E-state index contributed by atoms with van der Waals surface area (Å²) in [6.07, 6.45) is 0.130. The van der Waals surface area contributed by atoms with E-state index < -0.39 is 0 Å². The minimum absolute atomic E-state index is 0.130. The lowest BCUT2D eigenvalue weighted by molar-refractivity contribution is -0.0817. The van der Waals surface area contributed by atoms with Gasteiger partial charge < -0.3 is 10.1 Å². The number of ether oxygens (including phenoxy) is 1. The fourth-order valence-electron chi connectivity index (χ4n) is 2.82. The van der Waals surface area contributed by atoms with Crippen LogP contribution < -0.4 is 5.32 Å². The lowest BCUT2D eigenvalue weighted by atomic mass is 9.96. The summed E-state index contributed by atoms with van der Waals surface area (Å²) in [6.45, 7) is 7.01. The number of morpholine rings is 1. The molecule has 1 aliphatic rings. The van der Waals surface area contributed by atoms with E-state index in [1.54, 1.807) is 0 Å². The second-order valence-electron chi connectivity index (χ2n) is 5.41. The summed E-state index contributed by atoms with van der Waals surface area (Å²) in [5, 5.41) is 4.00. The monoisotopic (exact) mass is 360 g/mol. The minimum Gasteiger partial charge on any atom is -0.374 e. The molecular formula is C15H22BrClN2O. The maximum absolute atomic E-state index is 6.19. The fourth-order valence-corrected chi connectivity index (χ4v) is 3.49. The van der Waals surface area contributed by atoms with E-state index in [-0.39, 0.29) is 12.1 Å². The molecule has 2 atom stereocenters. The van der Waals surface area contributed by atoms with Crippen molar-refractivity contribution < 1.29 is 4.74 Å². The number of likely N-dealkylation sites (N-methyl/N-ethyl adjacent to an activating group) is 1. The summed E-state index contributed by atoms with van der Waals surface area (Å²) in [6, 6.07) is 6.65. The number of nitrogens with one attached hydrogen (secondary N) is 1. The first-order valence-corrected chi connectivity index (χ1v) is 8.18. The van der Waals surface area contributed by atoms with Gasteiger partial charge in [0.25, 0.3) is 0 Å². The van der Waals surface area contributed by atoms with E-state index in [9.17, 15) is 0 Å². The Morgan fingerprint density at radius 2 is 2.25 bits per heavy atom. The highest BCUT2D eigenvalue weighted by Gasteiger charge is 2.35. The number of hydrogen-bond donors (Lipinski definition) is 1. The molecule has 1 aromatic rings. The molecule has 0 amide bonds. The molecule has 112 valence electrons. The number of rotatable bonds is 4. The van der Waals surface area contributed by atoms with E-state index in [2.05, 4.69) is 40.0 Å². The van der Waals surface area contributed by atoms with Crippen LogP contribution in [0.5, 0.6) is 0 Å². The van der Waals surface area contributed by atoms with E-state index in [1.165, 1.54) is 5.56 Å². The Balaban J connectivity index is 2.40. The van der Waals surface area contributed by atoms with Crippen LogP contribution in [0.3, 0.4) is 0 Å². The van der Waals surface area contributed by atoms with Gasteiger partial charge in [0.15, 0.2) is 0 Å². The standard InChI is InChI=1S/C15H22BrClN2O/c1-10(2)19-6-7-20-14(9-18-3)15(19)12-8-11(17)4-5-13(12)16/h4-5,8,10,14-15,18H,6-7,9H2,1-3H3. The Kier molecular flexibility index (Phi) is 5.87. The van der Waals surface area contributed by atoms with Crippen molar-refractivity contribution in [2.24, 2.45) is 0 Å². The molecule has 1 fully saturated rings. The summed E-state index contributed by atoms with van der Waals surface area (Å²) in [7, 11) is 1.96. The molecule has 20 heavy (non-hydrogen) atoms. The van der Waals surface area contributed by atoms with Gasteiger partial charge in [-0.25, -0.2) is 0 Å². The Morgan fingerprint density at radius 1 is 1.50 bits per heavy atom. The Bertz CT molecular complexity index is 453. The Labute approximate surface area is 134 Å². The Morgan fingerprint density at radius 3 is 2.90 bits per heavy atom. The zero-order valence-corrected chi connectivity index (χ0v) is 14.5. The maximum Gasteiger partial charge on any atom is 0.0896 e. The number of hydrogen-bond acceptors (Lipinski definition) is 3. The first kappa shape index (κ1) is 16.2. The lowest BCUT2D eigenvalue weighted by Crippen LogP contribution is -2.51. The summed E-state index contributed by atoms with van der Waals surface area (Å²) in [5.41, 5.74) is 1.20. The normalized spacial score (nSPS) is 24.3. The van der Waals surface area contributed by atoms with Gasteiger partial charge in [-0.1, -0.05) is 27.5 Å². The Hall–Kier alpha value is -0.130. The van der Waals surface area contributed by atoms with Gasteiger partial charge in [0, 0.05) is 28.6 Å². The van der Waals surface area contributed by atoms with Crippen LogP contribution in [-0.4, -0.2) is 43.8 Å². The average Bonchev–Trinajstić information content (AvgIpc) is 2.42. The molecule has 1 N–H and O–H groups in total. The molecule has 0 saturated carbocycles. The molecule has 0 spiro atoms. The van der Waals surface area contributed by atoms with Crippen LogP contribution >= 0.6 is 27.5 Å². The van der Waals surface area contributed by atoms with Crippen LogP contribution in [0.15, 0.2) is 22.7 Å². The van der Waals surface area contributed by atoms with E-state index in [1.807, 2.05) is 25.2 Å². The van der Waals surface area contributed by atoms with Crippen molar-refractivity contribution in [2.45, 2.75) is 32.0 Å². The molecule has 1 saturated heterocycles. The van der Waals surface area contributed by atoms with Crippen molar-refractivity contribution in [3.8, 4) is 0 Å². The molecule has 3 nitrogen and oxygen atoms in total. The van der Waals surface area contributed by atoms with Crippen LogP contribution in [0, 0.1) is 0 Å². The summed E-state index contributed by atoms with van der Waals surface area (Å²) in [4.78, 5) is 2.49. The van der Waals surface area contributed by atoms with Gasteiger partial charge in [0.1, 0.15) is 0 Å². The first-order chi connectivity index (χ1) is 9.54. The van der Waals surface area contributed by atoms with Gasteiger partial charge in [-0.2, -0.15) is 0 Å². The molecule has 1 aliphatic heterocycles. The molecule has 0 aliphatic carbocycles. The largest absolute Gasteiger partial charge is 0.374 e. The van der Waals surface area contributed by atoms with Gasteiger partial charge in [-0.05, 0) is 44.7 Å². The predicted molar refractivity (Wildman–Crippen MR) is 87.4 cm³/mol. The van der Waals surface area contributed by atoms with Crippen LogP contribution in [0.1, 0.15) is 25.5 Å². The average molecular weight is 362 g/mol. The van der Waals surface area contributed by atoms with Crippen molar-refractivity contribution in [1.82, 2.24) is 10.2 Å². The van der Waals surface area contributed by atoms with E-state index in [0.717, 1.165) is 29.2 Å². The van der Waals surface area contributed by atoms with Crippen molar-refractivity contribution in [1.29, 1.82) is 0 Å². The highest BCUT2D eigenvalue weighted by molar-refractivity contribution is 9.10. The summed E-state index contributed by atoms with van der Waals surface area (Å²) in [5.74, 6) is 0. The lowest BCUT2D eigenvalue weighted by Gasteiger charge is -2.44. The molecule has 2 unspecified atom stereocenters. The third-order valence-corrected chi connectivity index (χ3v) is 4.69. The van der Waals surface area contributed by atoms with Gasteiger partial charge in [0.2, 0.25) is 0 Å². The van der Waals surface area contributed by atoms with Gasteiger partial charge in [-0.15, -0.1) is 0 Å². The van der Waals surface area contributed by atoms with Crippen molar-refractivity contribution in [3.63, 3.8) is 0 Å². The van der Waals surface area contributed by atoms with Crippen LogP contribution in [0.4, 0.5) is 0 Å². The third-order valence-electron chi connectivity index (χ3n) is 3.74. The molecule has 5 heteroatoms. The summed E-state index contributed by atoms with van der Waals surface area (Å²) >= 11 is 9.85. The molecule has 0 radical (unpaired) electrons. The number of benzene rings is 1. The van der Waals surface area contributed by atoms with Gasteiger partial charge >= 0.3 is 0 Å². The number of halogens is 2. The quantitative estimate of drug-likeness (QED) is 0.888. The second-order valence-corrected chi connectivity index (χ2v) is 6.70. The second kappa shape index (κ2) is 7.23. The van der Waals surface area contributed by atoms with Gasteiger partial charge in [-0.3, -0.25) is 4.90 Å². The smallest absolute Gasteiger partial charge is 0.0896 e. The molecule has 2 rings (SSSR count). The molecule has 1 aromatic carbocycles. The first-order valence-electron chi connectivity index (χ1n) is 7.01. The number of nitrogens with zero attached hydrogens (tertiary/aromatic N) is 1. The van der Waals surface area contributed by atoms with Crippen LogP contribution in [0.25, 0.3) is 0 Å². The van der Waals surface area contributed by atoms with Crippen LogP contribution in [-0.2, 0) is 4.74 Å². The van der Waals surface area contributed by atoms with Crippen LogP contribution in [0.2, 0.25) is 5.02 Å². The fraction of sp³-hybridized carbons (Fsp3) is 0.600. The topological polar surface area (TPSA) is 24.5 Å². The SMILES string of the molecule is CNCC1OCCN(C(C)C)C1c1cc(Cl)ccc1Br. The van der Waals surface area contributed by atoms with E-state index in [4.69, 9.17) is 16.3 Å². The van der Waals surface area contributed by atoms with E-state index >= 15 is 0 Å². The highest BCUT2D eigenvalue weighted by Crippen LogP contribution is 2.36. The molecular weight excluding hydrogens is 340 g/mol. The molecule has 0 bridgehead atoms. The van der Waals surface area contributed by atoms with E-state index in [0.29, 0.717) is 6.04 Å². The van der Waals surface area contributed by atoms with Crippen molar-refractivity contribution in [3.05, 3.63) is 33.3 Å². The zero-order chi connectivity index (χ0) is 14.7. The van der Waals surface area contributed by atoms with Gasteiger partial charge in [0.05, 0.1) is 18.8 Å². The minimum atomic E-state index is 0.130. The zero-order valence-electron chi connectivity index (χ0n) is 12.2. The third kappa shape index (κ3) is 3.55. The maximum atomic E-state index is 6.19. The predicted octanol–water partition coefficient (Wildman–Crippen LogP) is 3.47. The molecule has 0 aromatic heterocycles.